The highest BCUT2D eigenvalue weighted by atomic mass is 32.1. The normalized spacial score (nSPS) is 14.1. The van der Waals surface area contributed by atoms with E-state index >= 15 is 0 Å². The van der Waals surface area contributed by atoms with Crippen LogP contribution in [0.5, 0.6) is 0 Å². The van der Waals surface area contributed by atoms with Gasteiger partial charge >= 0.3 is 6.18 Å². The number of nitrogens with two attached hydrogens (primary N) is 1. The van der Waals surface area contributed by atoms with Crippen molar-refractivity contribution in [3.63, 3.8) is 0 Å². The number of benzene rings is 1. The summed E-state index contributed by atoms with van der Waals surface area (Å²) in [6.45, 7) is 0. The number of fused-ring (bicyclic) bond motifs is 2. The molecule has 2 heterocycles. The average molecular weight is 427 g/mol. The van der Waals surface area contributed by atoms with E-state index in [1.54, 1.807) is 0 Å². The molecule has 0 aliphatic heterocycles. The number of hydrogen-bond acceptors (Lipinski definition) is 4. The molecule has 0 bridgehead atoms. The van der Waals surface area contributed by atoms with E-state index in [0.29, 0.717) is 24.6 Å². The van der Waals surface area contributed by atoms with Crippen molar-refractivity contribution >= 4 is 38.8 Å². The molecule has 1 amide bonds. The van der Waals surface area contributed by atoms with Crippen molar-refractivity contribution in [3.8, 4) is 0 Å². The Hall–Kier alpha value is -2.75. The van der Waals surface area contributed by atoms with Gasteiger partial charge < -0.3 is 11.1 Å². The molecule has 29 heavy (non-hydrogen) atoms. The van der Waals surface area contributed by atoms with Gasteiger partial charge in [-0.1, -0.05) is 0 Å². The van der Waals surface area contributed by atoms with Gasteiger partial charge in [-0.15, -0.1) is 11.3 Å². The number of rotatable bonds is 2. The average Bonchev–Trinajstić information content (AvgIpc) is 2.97. The molecule has 0 saturated heterocycles. The van der Waals surface area contributed by atoms with Gasteiger partial charge in [0.15, 0.2) is 0 Å². The summed E-state index contributed by atoms with van der Waals surface area (Å²) in [5, 5.41) is 1.93. The van der Waals surface area contributed by atoms with E-state index in [1.165, 1.54) is 0 Å². The molecule has 0 radical (unpaired) electrons. The lowest BCUT2D eigenvalue weighted by atomic mass is 9.90. The third-order valence-corrected chi connectivity index (χ3v) is 5.92. The van der Waals surface area contributed by atoms with Gasteiger partial charge in [-0.25, -0.2) is 13.8 Å². The van der Waals surface area contributed by atoms with Crippen LogP contribution in [0, 0.1) is 11.6 Å². The number of nitrogens with zero attached hydrogens (tertiary/aromatic N) is 1. The molecule has 1 aliphatic carbocycles. The van der Waals surface area contributed by atoms with E-state index in [0.717, 1.165) is 29.9 Å². The van der Waals surface area contributed by atoms with Gasteiger partial charge in [0.1, 0.15) is 21.3 Å². The number of pyridine rings is 1. The van der Waals surface area contributed by atoms with Crippen LogP contribution in [0.15, 0.2) is 18.2 Å². The fourth-order valence-electron chi connectivity index (χ4n) is 3.56. The van der Waals surface area contributed by atoms with Crippen molar-refractivity contribution in [1.29, 1.82) is 0 Å². The van der Waals surface area contributed by atoms with Crippen LogP contribution in [0.1, 0.15) is 39.3 Å². The van der Waals surface area contributed by atoms with Crippen LogP contribution in [0.2, 0.25) is 0 Å². The van der Waals surface area contributed by atoms with Gasteiger partial charge in [0.2, 0.25) is 0 Å². The molecular weight excluding hydrogens is 413 g/mol. The molecule has 2 aromatic heterocycles. The van der Waals surface area contributed by atoms with Crippen LogP contribution < -0.4 is 11.1 Å². The smallest absolute Gasteiger partial charge is 0.397 e. The number of nitrogen functional groups attached to an aromatic ring is 1. The number of carbonyl (C=O) groups is 1. The van der Waals surface area contributed by atoms with Crippen molar-refractivity contribution in [1.82, 2.24) is 4.98 Å². The van der Waals surface area contributed by atoms with Crippen LogP contribution in [0.4, 0.5) is 33.3 Å². The fraction of sp³-hybridized carbons (Fsp3) is 0.263. The molecule has 0 fully saturated rings. The highest BCUT2D eigenvalue weighted by molar-refractivity contribution is 7.21. The summed E-state index contributed by atoms with van der Waals surface area (Å²) in [4.78, 5) is 16.7. The molecule has 4 nitrogen and oxygen atoms in total. The highest BCUT2D eigenvalue weighted by Gasteiger charge is 2.39. The lowest BCUT2D eigenvalue weighted by Crippen LogP contribution is -2.17. The number of carbonyl (C=O) groups excluding carboxylic acids is 1. The number of halogens is 5. The second-order valence-corrected chi connectivity index (χ2v) is 7.72. The Morgan fingerprint density at radius 3 is 2.59 bits per heavy atom. The summed E-state index contributed by atoms with van der Waals surface area (Å²) in [7, 11) is 0. The minimum Gasteiger partial charge on any atom is -0.397 e. The number of aromatic nitrogens is 1. The van der Waals surface area contributed by atoms with Crippen LogP contribution in [-0.2, 0) is 19.0 Å². The largest absolute Gasteiger partial charge is 0.417 e. The zero-order valence-corrected chi connectivity index (χ0v) is 15.6. The van der Waals surface area contributed by atoms with Crippen LogP contribution in [-0.4, -0.2) is 10.9 Å². The van der Waals surface area contributed by atoms with Crippen LogP contribution in [0.25, 0.3) is 10.2 Å². The van der Waals surface area contributed by atoms with Crippen molar-refractivity contribution in [2.24, 2.45) is 0 Å². The molecule has 3 aromatic rings. The topological polar surface area (TPSA) is 68.0 Å². The van der Waals surface area contributed by atoms with E-state index in [9.17, 15) is 26.7 Å². The van der Waals surface area contributed by atoms with E-state index in [4.69, 9.17) is 5.73 Å². The Labute approximate surface area is 165 Å². The molecule has 3 N–H and O–H groups in total. The molecular formula is C19H14F5N3OS. The van der Waals surface area contributed by atoms with Gasteiger partial charge in [0, 0.05) is 17.1 Å². The zero-order chi connectivity index (χ0) is 20.9. The number of alkyl halides is 3. The summed E-state index contributed by atoms with van der Waals surface area (Å²) < 4.78 is 68.5. The molecule has 4 rings (SSSR count). The van der Waals surface area contributed by atoms with E-state index < -0.39 is 29.3 Å². The van der Waals surface area contributed by atoms with Crippen molar-refractivity contribution < 1.29 is 26.7 Å². The lowest BCUT2D eigenvalue weighted by molar-refractivity contribution is -0.137. The molecule has 152 valence electrons. The number of anilines is 2. The SMILES string of the molecule is Nc1c(C(=O)Nc2ccc(F)cc2F)sc2nc3c(c(C(F)(F)F)c12)CCCC3. The highest BCUT2D eigenvalue weighted by Crippen LogP contribution is 2.45. The van der Waals surface area contributed by atoms with Gasteiger partial charge in [-0.2, -0.15) is 13.2 Å². The first kappa shape index (κ1) is 19.6. The Bertz CT molecular complexity index is 1140. The first-order valence-electron chi connectivity index (χ1n) is 8.74. The number of hydrogen-bond donors (Lipinski definition) is 2. The summed E-state index contributed by atoms with van der Waals surface area (Å²) >= 11 is 0.719. The van der Waals surface area contributed by atoms with Crippen LogP contribution >= 0.6 is 11.3 Å². The summed E-state index contributed by atoms with van der Waals surface area (Å²) in [5.41, 5.74) is 4.93. The molecule has 0 atom stereocenters. The summed E-state index contributed by atoms with van der Waals surface area (Å²) in [6, 6.07) is 2.55. The van der Waals surface area contributed by atoms with Gasteiger partial charge in [0.05, 0.1) is 16.9 Å². The van der Waals surface area contributed by atoms with E-state index in [-0.39, 0.29) is 38.5 Å². The quantitative estimate of drug-likeness (QED) is 0.545. The number of thiophene rings is 1. The fourth-order valence-corrected chi connectivity index (χ4v) is 4.58. The van der Waals surface area contributed by atoms with E-state index in [1.807, 2.05) is 0 Å². The number of nitrogens with one attached hydrogen (secondary N) is 1. The minimum absolute atomic E-state index is 0.0141. The summed E-state index contributed by atoms with van der Waals surface area (Å²) in [5.74, 6) is -2.73. The second-order valence-electron chi connectivity index (χ2n) is 6.72. The third kappa shape index (κ3) is 3.41. The number of aryl methyl sites for hydroxylation is 1. The maximum absolute atomic E-state index is 13.9. The zero-order valence-electron chi connectivity index (χ0n) is 14.8. The van der Waals surface area contributed by atoms with Crippen molar-refractivity contribution in [3.05, 3.63) is 51.5 Å². The van der Waals surface area contributed by atoms with Gasteiger partial charge in [-0.3, -0.25) is 4.79 Å². The number of amides is 1. The molecule has 1 aliphatic rings. The summed E-state index contributed by atoms with van der Waals surface area (Å²) in [6.07, 6.45) is -2.64. The lowest BCUT2D eigenvalue weighted by Gasteiger charge is -2.21. The standard InChI is InChI=1S/C19H14F5N3OS/c20-8-5-6-12(10(21)7-8)26-17(28)16-15(25)13-14(19(22,23)24)9-3-1-2-4-11(9)27-18(13)29-16/h5-7H,1-4,25H2,(H,26,28). The van der Waals surface area contributed by atoms with Crippen molar-refractivity contribution in [2.75, 3.05) is 11.1 Å². The van der Waals surface area contributed by atoms with Crippen LogP contribution in [0.3, 0.4) is 0 Å². The predicted molar refractivity (Wildman–Crippen MR) is 100.0 cm³/mol. The molecule has 10 heteroatoms. The van der Waals surface area contributed by atoms with Crippen molar-refractivity contribution in [2.45, 2.75) is 31.9 Å². The van der Waals surface area contributed by atoms with Gasteiger partial charge in [-0.05, 0) is 43.4 Å². The Balaban J connectivity index is 1.84. The first-order valence-corrected chi connectivity index (χ1v) is 9.55. The maximum atomic E-state index is 13.9. The van der Waals surface area contributed by atoms with E-state index in [2.05, 4.69) is 10.3 Å². The minimum atomic E-state index is -4.66. The van der Waals surface area contributed by atoms with Gasteiger partial charge in [0.25, 0.3) is 5.91 Å². The predicted octanol–water partition coefficient (Wildman–Crippen LogP) is 5.31. The monoisotopic (exact) mass is 427 g/mol. The third-order valence-electron chi connectivity index (χ3n) is 4.82. The molecule has 0 spiro atoms. The maximum Gasteiger partial charge on any atom is 0.417 e. The molecule has 1 aromatic carbocycles. The molecule has 0 saturated carbocycles. The Morgan fingerprint density at radius 1 is 1.17 bits per heavy atom. The Kier molecular flexibility index (Phi) is 4.68. The first-order chi connectivity index (χ1) is 13.7. The molecule has 0 unspecified atom stereocenters. The Morgan fingerprint density at radius 2 is 1.90 bits per heavy atom. The second kappa shape index (κ2) is 6.94.